The molecule has 0 fully saturated rings. The maximum absolute atomic E-state index is 11.8. The topological polar surface area (TPSA) is 101 Å². The third-order valence-corrected chi connectivity index (χ3v) is 5.57. The Kier molecular flexibility index (Phi) is 13.8. The molecule has 6 heteroatoms. The van der Waals surface area contributed by atoms with Crippen LogP contribution in [0, 0.1) is 29.6 Å². The lowest BCUT2D eigenvalue weighted by Gasteiger charge is -2.21. The molecule has 0 spiro atoms. The largest absolute Gasteiger partial charge is 0.479 e. The van der Waals surface area contributed by atoms with Crippen LogP contribution >= 0.6 is 0 Å². The van der Waals surface area contributed by atoms with Crippen molar-refractivity contribution < 1.29 is 29.3 Å². The van der Waals surface area contributed by atoms with Gasteiger partial charge in [-0.2, -0.15) is 0 Å². The average Bonchev–Trinajstić information content (AvgIpc) is 2.64. The highest BCUT2D eigenvalue weighted by atomic mass is 16.5. The van der Waals surface area contributed by atoms with Gasteiger partial charge in [-0.15, -0.1) is 0 Å². The Balaban J connectivity index is 4.92. The molecule has 0 aliphatic heterocycles. The van der Waals surface area contributed by atoms with Gasteiger partial charge in [0.25, 0.3) is 0 Å². The van der Waals surface area contributed by atoms with Crippen molar-refractivity contribution in [2.75, 3.05) is 6.61 Å². The zero-order chi connectivity index (χ0) is 24.1. The molecule has 6 nitrogen and oxygen atoms in total. The number of carbonyl (C=O) groups excluding carboxylic acids is 1. The smallest absolute Gasteiger partial charge is 0.341 e. The summed E-state index contributed by atoms with van der Waals surface area (Å²) in [5.41, 5.74) is 0.951. The maximum Gasteiger partial charge on any atom is 0.341 e. The van der Waals surface area contributed by atoms with Crippen LogP contribution in [0.2, 0.25) is 0 Å². The van der Waals surface area contributed by atoms with Crippen LogP contribution in [0.25, 0.3) is 0 Å². The van der Waals surface area contributed by atoms with Crippen molar-refractivity contribution >= 4 is 17.9 Å². The van der Waals surface area contributed by atoms with Crippen molar-refractivity contribution in [2.24, 2.45) is 29.6 Å². The van der Waals surface area contributed by atoms with Gasteiger partial charge in [-0.05, 0) is 62.4 Å². The zero-order valence-electron chi connectivity index (χ0n) is 20.3. The number of aliphatic carboxylic acids is 2. The Morgan fingerprint density at radius 3 is 1.97 bits per heavy atom. The van der Waals surface area contributed by atoms with Gasteiger partial charge in [0.2, 0.25) is 0 Å². The second kappa shape index (κ2) is 14.8. The second-order valence-electron chi connectivity index (χ2n) is 9.40. The lowest BCUT2D eigenvalue weighted by molar-refractivity contribution is -0.157. The number of carboxylic acids is 2. The van der Waals surface area contributed by atoms with Gasteiger partial charge in [-0.25, -0.2) is 9.59 Å². The van der Waals surface area contributed by atoms with Crippen LogP contribution in [-0.2, 0) is 19.1 Å². The van der Waals surface area contributed by atoms with Crippen LogP contribution in [0.15, 0.2) is 23.3 Å². The molecule has 0 heterocycles. The highest BCUT2D eigenvalue weighted by Crippen LogP contribution is 2.26. The van der Waals surface area contributed by atoms with Crippen LogP contribution in [0.1, 0.15) is 80.6 Å². The van der Waals surface area contributed by atoms with Crippen molar-refractivity contribution in [1.29, 1.82) is 0 Å². The first-order chi connectivity index (χ1) is 14.3. The Hall–Kier alpha value is -2.11. The molecule has 0 saturated heterocycles. The summed E-state index contributed by atoms with van der Waals surface area (Å²) in [5.74, 6) is -1.44. The number of carboxylic acid groups (broad SMARTS) is 2. The van der Waals surface area contributed by atoms with E-state index in [9.17, 15) is 19.5 Å². The Morgan fingerprint density at radius 2 is 1.45 bits per heavy atom. The fourth-order valence-electron chi connectivity index (χ4n) is 4.10. The van der Waals surface area contributed by atoms with E-state index in [4.69, 9.17) is 5.11 Å². The predicted octanol–water partition coefficient (Wildman–Crippen LogP) is 5.72. The summed E-state index contributed by atoms with van der Waals surface area (Å²) in [6, 6.07) is 0. The number of ether oxygens (including phenoxy) is 1. The van der Waals surface area contributed by atoms with Crippen molar-refractivity contribution in [3.8, 4) is 0 Å². The molecule has 0 saturated carbocycles. The van der Waals surface area contributed by atoms with Gasteiger partial charge >= 0.3 is 17.9 Å². The Morgan fingerprint density at radius 1 is 0.903 bits per heavy atom. The molecule has 0 rings (SSSR count). The number of hydrogen-bond donors (Lipinski definition) is 2. The van der Waals surface area contributed by atoms with Gasteiger partial charge in [0.1, 0.15) is 0 Å². The van der Waals surface area contributed by atoms with Crippen LogP contribution < -0.4 is 0 Å². The Bertz CT molecular complexity index is 648. The van der Waals surface area contributed by atoms with Crippen molar-refractivity contribution in [2.45, 2.75) is 80.6 Å². The van der Waals surface area contributed by atoms with E-state index in [0.29, 0.717) is 17.8 Å². The molecule has 0 aliphatic carbocycles. The molecule has 0 aromatic rings. The molecule has 178 valence electrons. The zero-order valence-corrected chi connectivity index (χ0v) is 20.3. The first kappa shape index (κ1) is 28.9. The van der Waals surface area contributed by atoms with Crippen LogP contribution in [-0.4, -0.2) is 34.7 Å². The maximum atomic E-state index is 11.8. The monoisotopic (exact) mass is 438 g/mol. The molecular formula is C25H42O6. The van der Waals surface area contributed by atoms with E-state index in [2.05, 4.69) is 45.4 Å². The van der Waals surface area contributed by atoms with Gasteiger partial charge < -0.3 is 14.9 Å². The molecule has 0 bridgehead atoms. The summed E-state index contributed by atoms with van der Waals surface area (Å²) in [6.07, 6.45) is 8.34. The molecule has 0 aliphatic rings. The number of carbonyl (C=O) groups is 3. The summed E-state index contributed by atoms with van der Waals surface area (Å²) in [5, 5.41) is 18.1. The quantitative estimate of drug-likeness (QED) is 0.193. The van der Waals surface area contributed by atoms with Gasteiger partial charge in [-0.1, -0.05) is 59.6 Å². The standard InChI is InChI=1S/C25H42O6/c1-8-16(2)9-17(3)10-18(4)11-19(5)12-20(6)13-22(24(28)29)14-21(7)25(30)31-15-23(26)27/h12-13,16-19,21H,8-11,14-15H2,1-7H3,(H,26,27)(H,28,29). The fraction of sp³-hybridized carbons (Fsp3) is 0.720. The first-order valence-electron chi connectivity index (χ1n) is 11.4. The molecule has 5 unspecified atom stereocenters. The molecule has 5 atom stereocenters. The lowest BCUT2D eigenvalue weighted by atomic mass is 9.84. The second-order valence-corrected chi connectivity index (χ2v) is 9.40. The van der Waals surface area contributed by atoms with Crippen molar-refractivity contribution in [1.82, 2.24) is 0 Å². The predicted molar refractivity (Wildman–Crippen MR) is 123 cm³/mol. The number of rotatable bonds is 15. The SMILES string of the molecule is CCC(C)CC(C)CC(C)CC(C)C=C(C)C=C(CC(C)C(=O)OCC(=O)O)C(=O)O. The van der Waals surface area contributed by atoms with E-state index < -0.39 is 30.4 Å². The molecule has 0 radical (unpaired) electrons. The van der Waals surface area contributed by atoms with E-state index in [1.807, 2.05) is 6.92 Å². The summed E-state index contributed by atoms with van der Waals surface area (Å²) in [4.78, 5) is 34.0. The molecular weight excluding hydrogens is 396 g/mol. The summed E-state index contributed by atoms with van der Waals surface area (Å²) in [6.45, 7) is 13.9. The van der Waals surface area contributed by atoms with Gasteiger partial charge in [0, 0.05) is 5.57 Å². The molecule has 0 amide bonds. The first-order valence-corrected chi connectivity index (χ1v) is 11.4. The van der Waals surface area contributed by atoms with Crippen LogP contribution in [0.3, 0.4) is 0 Å². The van der Waals surface area contributed by atoms with Gasteiger partial charge in [-0.3, -0.25) is 4.79 Å². The lowest BCUT2D eigenvalue weighted by Crippen LogP contribution is -2.20. The Labute approximate surface area is 187 Å². The summed E-state index contributed by atoms with van der Waals surface area (Å²) in [7, 11) is 0. The minimum absolute atomic E-state index is 0.0170. The van der Waals surface area contributed by atoms with Gasteiger partial charge in [0.05, 0.1) is 5.92 Å². The third-order valence-electron chi connectivity index (χ3n) is 5.57. The summed E-state index contributed by atoms with van der Waals surface area (Å²) < 4.78 is 4.65. The number of hydrogen-bond acceptors (Lipinski definition) is 4. The van der Waals surface area contributed by atoms with Crippen LogP contribution in [0.5, 0.6) is 0 Å². The molecule has 31 heavy (non-hydrogen) atoms. The number of esters is 1. The van der Waals surface area contributed by atoms with E-state index in [-0.39, 0.29) is 12.0 Å². The van der Waals surface area contributed by atoms with E-state index >= 15 is 0 Å². The highest BCUT2D eigenvalue weighted by Gasteiger charge is 2.21. The number of allylic oxidation sites excluding steroid dienone is 3. The van der Waals surface area contributed by atoms with E-state index in [1.54, 1.807) is 6.08 Å². The minimum Gasteiger partial charge on any atom is -0.479 e. The highest BCUT2D eigenvalue weighted by molar-refractivity contribution is 5.88. The molecule has 2 N–H and O–H groups in total. The van der Waals surface area contributed by atoms with Crippen molar-refractivity contribution in [3.05, 3.63) is 23.3 Å². The van der Waals surface area contributed by atoms with Crippen LogP contribution in [0.4, 0.5) is 0 Å². The third kappa shape index (κ3) is 13.7. The minimum atomic E-state index is -1.24. The van der Waals surface area contributed by atoms with E-state index in [1.165, 1.54) is 26.2 Å². The van der Waals surface area contributed by atoms with Crippen molar-refractivity contribution in [3.63, 3.8) is 0 Å². The van der Waals surface area contributed by atoms with E-state index in [0.717, 1.165) is 17.9 Å². The molecule has 0 aromatic heterocycles. The average molecular weight is 439 g/mol. The summed E-state index contributed by atoms with van der Waals surface area (Å²) >= 11 is 0. The van der Waals surface area contributed by atoms with Gasteiger partial charge in [0.15, 0.2) is 6.61 Å². The normalized spacial score (nSPS) is 17.4. The molecule has 0 aromatic carbocycles. The fourth-order valence-corrected chi connectivity index (χ4v) is 4.10.